The van der Waals surface area contributed by atoms with Crippen molar-refractivity contribution in [3.63, 3.8) is 0 Å². The van der Waals surface area contributed by atoms with E-state index in [1.165, 1.54) is 116 Å². The van der Waals surface area contributed by atoms with Gasteiger partial charge < -0.3 is 13.7 Å². The number of nitrogens with zero attached hydrogens (tertiary/aromatic N) is 3. The largest absolute Gasteiger partial charge is 0.309 e. The van der Waals surface area contributed by atoms with Crippen LogP contribution in [0.5, 0.6) is 0 Å². The van der Waals surface area contributed by atoms with E-state index in [-0.39, 0.29) is 0 Å². The molecule has 0 unspecified atom stereocenters. The molecular weight excluding hydrogens is 715 g/mol. The Morgan fingerprint density at radius 3 is 1.03 bits per heavy atom. The van der Waals surface area contributed by atoms with Gasteiger partial charge in [-0.25, -0.2) is 0 Å². The van der Waals surface area contributed by atoms with E-state index in [0.717, 1.165) is 12.8 Å². The van der Waals surface area contributed by atoms with E-state index in [0.29, 0.717) is 0 Å². The van der Waals surface area contributed by atoms with Crippen LogP contribution in [0.25, 0.3) is 105 Å². The molecule has 59 heavy (non-hydrogen) atoms. The van der Waals surface area contributed by atoms with Crippen molar-refractivity contribution in [1.29, 1.82) is 0 Å². The van der Waals surface area contributed by atoms with Crippen LogP contribution in [0.4, 0.5) is 0 Å². The summed E-state index contributed by atoms with van der Waals surface area (Å²) in [5.74, 6) is 0. The molecule has 0 spiro atoms. The molecule has 0 atom stereocenters. The third-order valence-electron chi connectivity index (χ3n) is 12.8. The fraction of sp³-hybridized carbons (Fsp3) is 0.0357. The number of rotatable bonds is 5. The van der Waals surface area contributed by atoms with Gasteiger partial charge in [0.05, 0.1) is 33.1 Å². The molecule has 3 aromatic heterocycles. The minimum Gasteiger partial charge on any atom is -0.309 e. The van der Waals surface area contributed by atoms with E-state index in [9.17, 15) is 0 Å². The van der Waals surface area contributed by atoms with Gasteiger partial charge in [0.1, 0.15) is 0 Å². The van der Waals surface area contributed by atoms with Gasteiger partial charge in [0.2, 0.25) is 0 Å². The molecule has 0 saturated heterocycles. The van der Waals surface area contributed by atoms with E-state index >= 15 is 0 Å². The number of aromatic nitrogens is 3. The van der Waals surface area contributed by atoms with Crippen LogP contribution in [-0.2, 0) is 12.8 Å². The van der Waals surface area contributed by atoms with Crippen LogP contribution >= 0.6 is 0 Å². The fourth-order valence-electron chi connectivity index (χ4n) is 10.3. The topological polar surface area (TPSA) is 14.8 Å². The Morgan fingerprint density at radius 1 is 0.254 bits per heavy atom. The SMILES string of the molecule is c1ccc(-n2c3ccccc3c3cc(-c4cc5c6c7c(cc(-c8ccc9c(c8)c8ccccc8n9-c8ccccc8)cc7n(-c7ccccc7)c6c4)CC5)ccc32)cc1. The lowest BCUT2D eigenvalue weighted by atomic mass is 9.87. The summed E-state index contributed by atoms with van der Waals surface area (Å²) in [5.41, 5.74) is 18.8. The van der Waals surface area contributed by atoms with Gasteiger partial charge in [0.25, 0.3) is 0 Å². The summed E-state index contributed by atoms with van der Waals surface area (Å²) in [6.45, 7) is 0. The second kappa shape index (κ2) is 12.4. The molecule has 12 aromatic rings. The van der Waals surface area contributed by atoms with Gasteiger partial charge in [0.15, 0.2) is 0 Å². The number of benzene rings is 9. The molecule has 3 heterocycles. The highest BCUT2D eigenvalue weighted by Gasteiger charge is 2.25. The Hall–Kier alpha value is -7.62. The fourth-order valence-corrected chi connectivity index (χ4v) is 10.3. The van der Waals surface area contributed by atoms with E-state index in [2.05, 4.69) is 214 Å². The summed E-state index contributed by atoms with van der Waals surface area (Å²) in [4.78, 5) is 0. The van der Waals surface area contributed by atoms with Crippen molar-refractivity contribution >= 4 is 65.4 Å². The summed E-state index contributed by atoms with van der Waals surface area (Å²) < 4.78 is 7.31. The Labute approximate surface area is 341 Å². The predicted octanol–water partition coefficient (Wildman–Crippen LogP) is 14.4. The minimum absolute atomic E-state index is 1.01. The Bertz CT molecular complexity index is 3420. The summed E-state index contributed by atoms with van der Waals surface area (Å²) in [6.07, 6.45) is 2.02. The second-order valence-corrected chi connectivity index (χ2v) is 16.1. The van der Waals surface area contributed by atoms with Gasteiger partial charge in [-0.2, -0.15) is 0 Å². The number of hydrogen-bond donors (Lipinski definition) is 0. The first kappa shape index (κ1) is 32.5. The van der Waals surface area contributed by atoms with E-state index in [1.807, 2.05) is 0 Å². The summed E-state index contributed by atoms with van der Waals surface area (Å²) in [7, 11) is 0. The zero-order chi connectivity index (χ0) is 38.6. The van der Waals surface area contributed by atoms with Gasteiger partial charge in [-0.1, -0.05) is 115 Å². The van der Waals surface area contributed by atoms with Gasteiger partial charge >= 0.3 is 0 Å². The van der Waals surface area contributed by atoms with Crippen LogP contribution in [0.1, 0.15) is 11.1 Å². The molecule has 13 rings (SSSR count). The second-order valence-electron chi connectivity index (χ2n) is 16.1. The standard InChI is InChI=1S/C56H37N3/c1-4-14-42(15-5-1)57-49-22-12-10-20-45(49)47-32-36(26-28-51(47)57)40-30-38-24-25-39-31-41(35-54-56(39)55(38)53(34-40)59(54)44-18-8-3-9-19-44)37-27-29-52-48(33-37)46-21-11-13-23-50(46)58(52)43-16-6-2-7-17-43/h1-23,26-35H,24-25H2. The monoisotopic (exact) mass is 751 g/mol. The van der Waals surface area contributed by atoms with E-state index < -0.39 is 0 Å². The average Bonchev–Trinajstić information content (AvgIpc) is 3.94. The number of hydrogen-bond acceptors (Lipinski definition) is 0. The lowest BCUT2D eigenvalue weighted by Crippen LogP contribution is -2.00. The molecule has 9 aromatic carbocycles. The van der Waals surface area contributed by atoms with E-state index in [1.54, 1.807) is 0 Å². The first-order valence-corrected chi connectivity index (χ1v) is 20.6. The van der Waals surface area contributed by atoms with E-state index in [4.69, 9.17) is 0 Å². The predicted molar refractivity (Wildman–Crippen MR) is 248 cm³/mol. The molecule has 0 saturated carbocycles. The smallest absolute Gasteiger partial charge is 0.0550 e. The van der Waals surface area contributed by atoms with Crippen LogP contribution in [0.3, 0.4) is 0 Å². The van der Waals surface area contributed by atoms with Crippen molar-refractivity contribution in [1.82, 2.24) is 13.7 Å². The quantitative estimate of drug-likeness (QED) is 0.166. The van der Waals surface area contributed by atoms with Gasteiger partial charge in [-0.15, -0.1) is 0 Å². The van der Waals surface area contributed by atoms with Crippen molar-refractivity contribution in [2.75, 3.05) is 0 Å². The van der Waals surface area contributed by atoms with Crippen LogP contribution in [0.15, 0.2) is 200 Å². The highest BCUT2D eigenvalue weighted by Crippen LogP contribution is 2.45. The lowest BCUT2D eigenvalue weighted by molar-refractivity contribution is 0.970. The van der Waals surface area contributed by atoms with Crippen molar-refractivity contribution < 1.29 is 0 Å². The average molecular weight is 752 g/mol. The lowest BCUT2D eigenvalue weighted by Gasteiger charge is -2.16. The maximum atomic E-state index is 2.52. The molecule has 1 aliphatic rings. The van der Waals surface area contributed by atoms with Crippen molar-refractivity contribution in [3.05, 3.63) is 211 Å². The molecule has 0 N–H and O–H groups in total. The summed E-state index contributed by atoms with van der Waals surface area (Å²) in [6, 6.07) is 74.0. The number of fused-ring (bicyclic) bond motifs is 6. The van der Waals surface area contributed by atoms with Crippen LogP contribution in [0.2, 0.25) is 0 Å². The first-order chi connectivity index (χ1) is 29.3. The zero-order valence-corrected chi connectivity index (χ0v) is 32.3. The normalized spacial score (nSPS) is 12.6. The Balaban J connectivity index is 1.03. The number of para-hydroxylation sites is 5. The molecule has 3 nitrogen and oxygen atoms in total. The molecule has 0 fully saturated rings. The molecule has 3 heteroatoms. The highest BCUT2D eigenvalue weighted by molar-refractivity contribution is 6.16. The maximum Gasteiger partial charge on any atom is 0.0550 e. The number of aryl methyl sites for hydroxylation is 2. The maximum absolute atomic E-state index is 2.52. The molecular formula is C56H37N3. The molecule has 276 valence electrons. The molecule has 0 bridgehead atoms. The molecule has 0 aliphatic heterocycles. The molecule has 0 amide bonds. The van der Waals surface area contributed by atoms with Gasteiger partial charge in [0, 0.05) is 49.4 Å². The zero-order valence-electron chi connectivity index (χ0n) is 32.3. The van der Waals surface area contributed by atoms with Crippen LogP contribution < -0.4 is 0 Å². The van der Waals surface area contributed by atoms with Crippen molar-refractivity contribution in [2.24, 2.45) is 0 Å². The van der Waals surface area contributed by atoms with Crippen LogP contribution in [-0.4, -0.2) is 13.7 Å². The summed E-state index contributed by atoms with van der Waals surface area (Å²) >= 11 is 0. The summed E-state index contributed by atoms with van der Waals surface area (Å²) in [5, 5.41) is 7.88. The third kappa shape index (κ3) is 4.76. The van der Waals surface area contributed by atoms with Gasteiger partial charge in [-0.05, 0) is 131 Å². The first-order valence-electron chi connectivity index (χ1n) is 20.6. The minimum atomic E-state index is 1.01. The van der Waals surface area contributed by atoms with Crippen LogP contribution in [0, 0.1) is 0 Å². The Morgan fingerprint density at radius 2 is 0.610 bits per heavy atom. The molecule has 0 radical (unpaired) electrons. The molecule has 1 aliphatic carbocycles. The Kier molecular flexibility index (Phi) is 6.84. The van der Waals surface area contributed by atoms with Crippen molar-refractivity contribution in [3.8, 4) is 39.3 Å². The van der Waals surface area contributed by atoms with Gasteiger partial charge in [-0.3, -0.25) is 0 Å². The van der Waals surface area contributed by atoms with Crippen molar-refractivity contribution in [2.45, 2.75) is 12.8 Å². The third-order valence-corrected chi connectivity index (χ3v) is 12.8. The highest BCUT2D eigenvalue weighted by atomic mass is 15.0.